The molecule has 1 saturated heterocycles. The molecule has 0 radical (unpaired) electrons. The van der Waals surface area contributed by atoms with Crippen molar-refractivity contribution in [2.75, 3.05) is 19.7 Å². The molecule has 0 spiro atoms. The summed E-state index contributed by atoms with van der Waals surface area (Å²) >= 11 is 0. The Hall–Kier alpha value is -2.63. The van der Waals surface area contributed by atoms with E-state index in [-0.39, 0.29) is 17.9 Å². The number of para-hydroxylation sites is 1. The lowest BCUT2D eigenvalue weighted by atomic mass is 9.82. The largest absolute Gasteiger partial charge is 0.493 e. The molecule has 5 nitrogen and oxygen atoms in total. The number of nitrogens with zero attached hydrogens (tertiary/aromatic N) is 1. The lowest BCUT2D eigenvalue weighted by Crippen LogP contribution is -2.48. The molecule has 3 aromatic rings. The second kappa shape index (κ2) is 8.84. The molecule has 1 aliphatic rings. The maximum Gasteiger partial charge on any atom is 0.180 e. The van der Waals surface area contributed by atoms with Gasteiger partial charge in [-0.1, -0.05) is 48.5 Å². The molecule has 4 rings (SSSR count). The van der Waals surface area contributed by atoms with Gasteiger partial charge in [-0.05, 0) is 17.7 Å². The van der Waals surface area contributed by atoms with Crippen LogP contribution in [0.1, 0.15) is 17.2 Å². The van der Waals surface area contributed by atoms with Crippen LogP contribution in [0.2, 0.25) is 0 Å². The summed E-state index contributed by atoms with van der Waals surface area (Å²) in [5, 5.41) is 3.49. The van der Waals surface area contributed by atoms with Gasteiger partial charge in [0.15, 0.2) is 6.39 Å². The Morgan fingerprint density at radius 1 is 1.00 bits per heavy atom. The van der Waals surface area contributed by atoms with Crippen LogP contribution in [-0.4, -0.2) is 30.8 Å². The van der Waals surface area contributed by atoms with Crippen LogP contribution >= 0.6 is 0 Å². The zero-order valence-electron chi connectivity index (χ0n) is 15.2. The van der Waals surface area contributed by atoms with Gasteiger partial charge in [-0.2, -0.15) is 0 Å². The number of nitrogens with one attached hydrogen (secondary N) is 1. The van der Waals surface area contributed by atoms with Crippen molar-refractivity contribution >= 4 is 0 Å². The minimum Gasteiger partial charge on any atom is -0.493 e. The predicted molar refractivity (Wildman–Crippen MR) is 103 cm³/mol. The van der Waals surface area contributed by atoms with Gasteiger partial charge >= 0.3 is 0 Å². The quantitative estimate of drug-likeness (QED) is 0.694. The summed E-state index contributed by atoms with van der Waals surface area (Å²) in [5.74, 6) is 1.24. The average Bonchev–Trinajstić information content (AvgIpc) is 3.26. The van der Waals surface area contributed by atoms with Gasteiger partial charge in [0.05, 0.1) is 25.0 Å². The zero-order chi connectivity index (χ0) is 18.3. The van der Waals surface area contributed by atoms with Crippen LogP contribution in [0, 0.1) is 5.92 Å². The Morgan fingerprint density at radius 3 is 2.52 bits per heavy atom. The van der Waals surface area contributed by atoms with Crippen LogP contribution in [0.25, 0.3) is 0 Å². The summed E-state index contributed by atoms with van der Waals surface area (Å²) in [4.78, 5) is 4.42. The maximum absolute atomic E-state index is 6.29. The normalized spacial score (nSPS) is 22.4. The molecule has 0 bridgehead atoms. The summed E-state index contributed by atoms with van der Waals surface area (Å²) in [5.41, 5.74) is 2.09. The van der Waals surface area contributed by atoms with Gasteiger partial charge in [-0.15, -0.1) is 0 Å². The Kier molecular flexibility index (Phi) is 5.82. The number of aromatic nitrogens is 1. The number of rotatable bonds is 7. The fraction of sp³-hybridized carbons (Fsp3) is 0.318. The fourth-order valence-electron chi connectivity index (χ4n) is 3.61. The Labute approximate surface area is 159 Å². The van der Waals surface area contributed by atoms with Gasteiger partial charge in [-0.3, -0.25) is 0 Å². The molecular formula is C22H24N2O3. The summed E-state index contributed by atoms with van der Waals surface area (Å²) in [6.07, 6.45) is 3.22. The number of ether oxygens (including phenoxy) is 2. The monoisotopic (exact) mass is 364 g/mol. The number of hydrogen-bond acceptors (Lipinski definition) is 5. The summed E-state index contributed by atoms with van der Waals surface area (Å²) in [6, 6.07) is 20.1. The smallest absolute Gasteiger partial charge is 0.180 e. The van der Waals surface area contributed by atoms with E-state index in [1.807, 2.05) is 48.5 Å². The van der Waals surface area contributed by atoms with E-state index in [9.17, 15) is 0 Å². The van der Waals surface area contributed by atoms with E-state index in [1.165, 1.54) is 12.0 Å². The van der Waals surface area contributed by atoms with Crippen molar-refractivity contribution in [3.8, 4) is 5.75 Å². The third-order valence-corrected chi connectivity index (χ3v) is 4.97. The van der Waals surface area contributed by atoms with Gasteiger partial charge in [-0.25, -0.2) is 4.98 Å². The van der Waals surface area contributed by atoms with E-state index in [2.05, 4.69) is 22.4 Å². The van der Waals surface area contributed by atoms with Crippen LogP contribution in [0.15, 0.2) is 77.7 Å². The number of oxazole rings is 1. The standard InChI is InChI=1S/C22H24N2O3/c1-3-7-17(8-4-1)13-27-21-12-23-11-18(22(21)20-15-25-16-24-20)14-26-19-9-5-2-6-10-19/h1-10,15-16,18,21-23H,11-14H2. The third kappa shape index (κ3) is 4.56. The summed E-state index contributed by atoms with van der Waals surface area (Å²) in [7, 11) is 0. The van der Waals surface area contributed by atoms with Crippen molar-refractivity contribution in [1.29, 1.82) is 0 Å². The molecule has 3 unspecified atom stereocenters. The molecule has 1 aliphatic heterocycles. The highest BCUT2D eigenvalue weighted by Crippen LogP contribution is 2.32. The number of benzene rings is 2. The van der Waals surface area contributed by atoms with E-state index in [0.717, 1.165) is 24.5 Å². The Bertz CT molecular complexity index is 741. The van der Waals surface area contributed by atoms with Crippen molar-refractivity contribution in [2.45, 2.75) is 18.6 Å². The first-order chi connectivity index (χ1) is 13.4. The lowest BCUT2D eigenvalue weighted by Gasteiger charge is -2.37. The molecule has 0 saturated carbocycles. The van der Waals surface area contributed by atoms with Crippen molar-refractivity contribution in [3.05, 3.63) is 84.6 Å². The summed E-state index contributed by atoms with van der Waals surface area (Å²) in [6.45, 7) is 2.81. The topological polar surface area (TPSA) is 56.5 Å². The maximum atomic E-state index is 6.29. The SMILES string of the molecule is c1ccc(COC2CNCC(COc3ccccc3)C2c2cocn2)cc1. The van der Waals surface area contributed by atoms with Crippen LogP contribution in [-0.2, 0) is 11.3 Å². The van der Waals surface area contributed by atoms with Crippen molar-refractivity contribution in [1.82, 2.24) is 10.3 Å². The molecule has 27 heavy (non-hydrogen) atoms. The van der Waals surface area contributed by atoms with Crippen molar-refractivity contribution in [2.24, 2.45) is 5.92 Å². The number of piperidine rings is 1. The van der Waals surface area contributed by atoms with Crippen LogP contribution in [0.5, 0.6) is 5.75 Å². The second-order valence-electron chi connectivity index (χ2n) is 6.82. The number of hydrogen-bond donors (Lipinski definition) is 1. The molecule has 2 heterocycles. The Balaban J connectivity index is 1.46. The average molecular weight is 364 g/mol. The molecule has 5 heteroatoms. The van der Waals surface area contributed by atoms with E-state index in [4.69, 9.17) is 13.9 Å². The van der Waals surface area contributed by atoms with Crippen LogP contribution in [0.3, 0.4) is 0 Å². The van der Waals surface area contributed by atoms with Crippen molar-refractivity contribution < 1.29 is 13.9 Å². The van der Waals surface area contributed by atoms with Gasteiger partial charge in [0, 0.05) is 24.9 Å². The van der Waals surface area contributed by atoms with Gasteiger partial charge in [0.1, 0.15) is 12.0 Å². The lowest BCUT2D eigenvalue weighted by molar-refractivity contribution is -0.0143. The molecule has 0 aliphatic carbocycles. The molecule has 0 amide bonds. The fourth-order valence-corrected chi connectivity index (χ4v) is 3.61. The van der Waals surface area contributed by atoms with Crippen LogP contribution in [0.4, 0.5) is 0 Å². The van der Waals surface area contributed by atoms with Crippen molar-refractivity contribution in [3.63, 3.8) is 0 Å². The minimum absolute atomic E-state index is 0.00781. The predicted octanol–water partition coefficient (Wildman–Crippen LogP) is 3.64. The molecular weight excluding hydrogens is 340 g/mol. The second-order valence-corrected chi connectivity index (χ2v) is 6.82. The molecule has 140 valence electrons. The van der Waals surface area contributed by atoms with Crippen LogP contribution < -0.4 is 10.1 Å². The first-order valence-corrected chi connectivity index (χ1v) is 9.32. The zero-order valence-corrected chi connectivity index (χ0v) is 15.2. The third-order valence-electron chi connectivity index (χ3n) is 4.97. The minimum atomic E-state index is 0.00781. The van der Waals surface area contributed by atoms with Gasteiger partial charge < -0.3 is 19.2 Å². The molecule has 1 fully saturated rings. The highest BCUT2D eigenvalue weighted by molar-refractivity contribution is 5.21. The molecule has 1 N–H and O–H groups in total. The molecule has 1 aromatic heterocycles. The van der Waals surface area contributed by atoms with Gasteiger partial charge in [0.25, 0.3) is 0 Å². The van der Waals surface area contributed by atoms with E-state index in [1.54, 1.807) is 6.26 Å². The molecule has 2 aromatic carbocycles. The Morgan fingerprint density at radius 2 is 1.78 bits per heavy atom. The molecule has 3 atom stereocenters. The highest BCUT2D eigenvalue weighted by atomic mass is 16.5. The summed E-state index contributed by atoms with van der Waals surface area (Å²) < 4.78 is 17.6. The first-order valence-electron chi connectivity index (χ1n) is 9.32. The first kappa shape index (κ1) is 17.8. The van der Waals surface area contributed by atoms with E-state index in [0.29, 0.717) is 13.2 Å². The van der Waals surface area contributed by atoms with E-state index < -0.39 is 0 Å². The van der Waals surface area contributed by atoms with Gasteiger partial charge in [0.2, 0.25) is 0 Å². The highest BCUT2D eigenvalue weighted by Gasteiger charge is 2.37. The van der Waals surface area contributed by atoms with E-state index >= 15 is 0 Å².